The van der Waals surface area contributed by atoms with Gasteiger partial charge in [0.25, 0.3) is 0 Å². The van der Waals surface area contributed by atoms with E-state index in [4.69, 9.17) is 23.7 Å². The molecular weight excluding hydrogens is 376 g/mol. The maximum Gasteiger partial charge on any atom is 0.203 e. The van der Waals surface area contributed by atoms with Crippen LogP contribution in [0.3, 0.4) is 0 Å². The van der Waals surface area contributed by atoms with Crippen LogP contribution in [-0.2, 0) is 4.79 Å². The molecule has 2 aromatic carbocycles. The number of carbonyl (C=O) groups excluding carboxylic acids is 1. The molecule has 7 nitrogen and oxygen atoms in total. The van der Waals surface area contributed by atoms with E-state index >= 15 is 0 Å². The van der Waals surface area contributed by atoms with Crippen LogP contribution in [0.2, 0.25) is 0 Å². The van der Waals surface area contributed by atoms with Crippen molar-refractivity contribution < 1.29 is 33.6 Å². The summed E-state index contributed by atoms with van der Waals surface area (Å²) in [6, 6.07) is 8.63. The van der Waals surface area contributed by atoms with Gasteiger partial charge in [-0.1, -0.05) is 0 Å². The van der Waals surface area contributed by atoms with E-state index in [1.807, 2.05) is 0 Å². The standard InChI is InChI=1S/C22H24O7/c1-25-13-6-7-17(26-2)14(10-13)21-16(24)11-15(23)20(21)12-8-18(27-3)22(29-5)19(9-12)28-4/h6-10,16,24H,11H2,1-5H3. The zero-order chi connectivity index (χ0) is 21.1. The van der Waals surface area contributed by atoms with Crippen LogP contribution in [0.15, 0.2) is 30.3 Å². The Labute approximate surface area is 169 Å². The Hall–Kier alpha value is -3.19. The molecule has 0 fully saturated rings. The highest BCUT2D eigenvalue weighted by molar-refractivity contribution is 6.32. The summed E-state index contributed by atoms with van der Waals surface area (Å²) in [5.74, 6) is 2.18. The molecule has 2 aromatic rings. The van der Waals surface area contributed by atoms with Crippen molar-refractivity contribution in [3.63, 3.8) is 0 Å². The summed E-state index contributed by atoms with van der Waals surface area (Å²) in [6.07, 6.45) is -1.00. The van der Waals surface area contributed by atoms with Gasteiger partial charge in [0, 0.05) is 23.1 Å². The largest absolute Gasteiger partial charge is 0.497 e. The fraction of sp³-hybridized carbons (Fsp3) is 0.318. The fourth-order valence-electron chi connectivity index (χ4n) is 3.58. The molecule has 3 rings (SSSR count). The molecule has 29 heavy (non-hydrogen) atoms. The molecule has 0 aromatic heterocycles. The first-order chi connectivity index (χ1) is 14.0. The van der Waals surface area contributed by atoms with Crippen LogP contribution in [0.25, 0.3) is 11.1 Å². The summed E-state index contributed by atoms with van der Waals surface area (Å²) in [7, 11) is 7.61. The third-order valence-electron chi connectivity index (χ3n) is 4.91. The van der Waals surface area contributed by atoms with Gasteiger partial charge in [0.1, 0.15) is 11.5 Å². The number of aliphatic hydroxyl groups is 1. The molecule has 1 atom stereocenters. The number of aliphatic hydroxyl groups excluding tert-OH is 1. The van der Waals surface area contributed by atoms with Crippen molar-refractivity contribution in [3.05, 3.63) is 41.5 Å². The average molecular weight is 400 g/mol. The van der Waals surface area contributed by atoms with Gasteiger partial charge in [-0.3, -0.25) is 4.79 Å². The third-order valence-corrected chi connectivity index (χ3v) is 4.91. The molecule has 0 saturated carbocycles. The molecule has 0 amide bonds. The average Bonchev–Trinajstić information content (AvgIpc) is 3.05. The van der Waals surface area contributed by atoms with Gasteiger partial charge in [-0.25, -0.2) is 0 Å². The van der Waals surface area contributed by atoms with E-state index in [0.717, 1.165) is 0 Å². The Bertz CT molecular complexity index is 937. The number of Topliss-reactive ketones (excluding diaryl/α,β-unsaturated/α-hetero) is 1. The molecule has 0 aliphatic heterocycles. The number of allylic oxidation sites excluding steroid dienone is 1. The van der Waals surface area contributed by atoms with E-state index in [2.05, 4.69) is 0 Å². The first-order valence-electron chi connectivity index (χ1n) is 8.97. The molecule has 1 aliphatic carbocycles. The molecule has 1 N–H and O–H groups in total. The maximum atomic E-state index is 12.9. The van der Waals surface area contributed by atoms with Crippen molar-refractivity contribution in [3.8, 4) is 28.7 Å². The quantitative estimate of drug-likeness (QED) is 0.765. The van der Waals surface area contributed by atoms with E-state index < -0.39 is 6.10 Å². The maximum absolute atomic E-state index is 12.9. The van der Waals surface area contributed by atoms with Gasteiger partial charge >= 0.3 is 0 Å². The van der Waals surface area contributed by atoms with Crippen LogP contribution in [0.5, 0.6) is 28.7 Å². The first-order valence-corrected chi connectivity index (χ1v) is 8.97. The predicted molar refractivity (Wildman–Crippen MR) is 108 cm³/mol. The van der Waals surface area contributed by atoms with Gasteiger partial charge in [-0.05, 0) is 35.9 Å². The minimum atomic E-state index is -0.974. The van der Waals surface area contributed by atoms with Gasteiger partial charge in [-0.2, -0.15) is 0 Å². The number of hydrogen-bond acceptors (Lipinski definition) is 7. The summed E-state index contributed by atoms with van der Waals surface area (Å²) in [4.78, 5) is 12.9. The van der Waals surface area contributed by atoms with Crippen LogP contribution in [0, 0.1) is 0 Å². The number of rotatable bonds is 7. The monoisotopic (exact) mass is 400 g/mol. The van der Waals surface area contributed by atoms with Crippen molar-refractivity contribution in [1.82, 2.24) is 0 Å². The molecule has 1 aliphatic rings. The zero-order valence-electron chi connectivity index (χ0n) is 17.1. The van der Waals surface area contributed by atoms with Crippen molar-refractivity contribution >= 4 is 16.9 Å². The molecule has 0 radical (unpaired) electrons. The summed E-state index contributed by atoms with van der Waals surface area (Å²) >= 11 is 0. The lowest BCUT2D eigenvalue weighted by atomic mass is 9.94. The SMILES string of the molecule is COc1ccc(OC)c(C2=C(c3cc(OC)c(OC)c(OC)c3)C(=O)CC2O)c1. The van der Waals surface area contributed by atoms with Crippen molar-refractivity contribution in [2.24, 2.45) is 0 Å². The zero-order valence-corrected chi connectivity index (χ0v) is 17.1. The Morgan fingerprint density at radius 2 is 1.45 bits per heavy atom. The minimum absolute atomic E-state index is 0.0261. The van der Waals surface area contributed by atoms with E-state index in [1.54, 1.807) is 37.4 Å². The molecule has 0 heterocycles. The Kier molecular flexibility index (Phi) is 5.98. The van der Waals surface area contributed by atoms with Crippen molar-refractivity contribution in [1.29, 1.82) is 0 Å². The van der Waals surface area contributed by atoms with Gasteiger partial charge in [0.05, 0.1) is 41.7 Å². The van der Waals surface area contributed by atoms with Gasteiger partial charge in [0.2, 0.25) is 5.75 Å². The third kappa shape index (κ3) is 3.61. The highest BCUT2D eigenvalue weighted by Gasteiger charge is 2.35. The Balaban J connectivity index is 2.31. The highest BCUT2D eigenvalue weighted by Crippen LogP contribution is 2.46. The minimum Gasteiger partial charge on any atom is -0.497 e. The van der Waals surface area contributed by atoms with Crippen LogP contribution >= 0.6 is 0 Å². The van der Waals surface area contributed by atoms with Crippen LogP contribution in [0.1, 0.15) is 17.5 Å². The van der Waals surface area contributed by atoms with Crippen LogP contribution < -0.4 is 23.7 Å². The lowest BCUT2D eigenvalue weighted by Crippen LogP contribution is -2.06. The molecular formula is C22H24O7. The van der Waals surface area contributed by atoms with Crippen molar-refractivity contribution in [2.75, 3.05) is 35.5 Å². The summed E-state index contributed by atoms with van der Waals surface area (Å²) in [5, 5.41) is 10.7. The smallest absolute Gasteiger partial charge is 0.203 e. The van der Waals surface area contributed by atoms with Crippen LogP contribution in [0.4, 0.5) is 0 Å². The van der Waals surface area contributed by atoms with Crippen LogP contribution in [-0.4, -0.2) is 52.5 Å². The lowest BCUT2D eigenvalue weighted by molar-refractivity contribution is -0.114. The molecule has 0 bridgehead atoms. The molecule has 0 spiro atoms. The van der Waals surface area contributed by atoms with E-state index in [1.165, 1.54) is 28.4 Å². The van der Waals surface area contributed by atoms with E-state index in [0.29, 0.717) is 51.0 Å². The summed E-state index contributed by atoms with van der Waals surface area (Å²) < 4.78 is 27.0. The second-order valence-electron chi connectivity index (χ2n) is 6.41. The number of ether oxygens (including phenoxy) is 5. The number of carbonyl (C=O) groups is 1. The Morgan fingerprint density at radius 3 is 1.97 bits per heavy atom. The summed E-state index contributed by atoms with van der Waals surface area (Å²) in [5.41, 5.74) is 2.00. The molecule has 7 heteroatoms. The number of methoxy groups -OCH3 is 5. The normalized spacial score (nSPS) is 16.1. The van der Waals surface area contributed by atoms with Gasteiger partial charge in [0.15, 0.2) is 17.3 Å². The van der Waals surface area contributed by atoms with Crippen molar-refractivity contribution in [2.45, 2.75) is 12.5 Å². The summed E-state index contributed by atoms with van der Waals surface area (Å²) in [6.45, 7) is 0. The second kappa shape index (κ2) is 8.45. The number of benzene rings is 2. The van der Waals surface area contributed by atoms with Gasteiger partial charge < -0.3 is 28.8 Å². The lowest BCUT2D eigenvalue weighted by Gasteiger charge is -2.17. The van der Waals surface area contributed by atoms with Gasteiger partial charge in [-0.15, -0.1) is 0 Å². The number of hydrogen-bond donors (Lipinski definition) is 1. The van der Waals surface area contributed by atoms with E-state index in [-0.39, 0.29) is 12.2 Å². The molecule has 0 saturated heterocycles. The first kappa shape index (κ1) is 20.5. The topological polar surface area (TPSA) is 83.5 Å². The second-order valence-corrected chi connectivity index (χ2v) is 6.41. The predicted octanol–water partition coefficient (Wildman–Crippen LogP) is 2.97. The van der Waals surface area contributed by atoms with E-state index in [9.17, 15) is 9.90 Å². The Morgan fingerprint density at radius 1 is 0.828 bits per heavy atom. The highest BCUT2D eigenvalue weighted by atomic mass is 16.5. The molecule has 154 valence electrons. The fourth-order valence-corrected chi connectivity index (χ4v) is 3.58. The molecule has 1 unspecified atom stereocenters. The number of ketones is 1.